The Bertz CT molecular complexity index is 1350. The van der Waals surface area contributed by atoms with Crippen LogP contribution in [0.3, 0.4) is 0 Å². The number of amides is 2. The minimum absolute atomic E-state index is 0.0552. The van der Waals surface area contributed by atoms with Crippen molar-refractivity contribution in [2.24, 2.45) is 0 Å². The molecule has 0 bridgehead atoms. The smallest absolute Gasteiger partial charge is 0.264 e. The highest BCUT2D eigenvalue weighted by molar-refractivity contribution is 9.10. The molecule has 0 heterocycles. The Kier molecular flexibility index (Phi) is 9.34. The highest BCUT2D eigenvalue weighted by Crippen LogP contribution is 2.27. The number of anilines is 1. The zero-order valence-corrected chi connectivity index (χ0v) is 23.5. The van der Waals surface area contributed by atoms with E-state index in [1.165, 1.54) is 31.2 Å². The summed E-state index contributed by atoms with van der Waals surface area (Å²) in [5.41, 5.74) is 1.99. The van der Waals surface area contributed by atoms with E-state index in [9.17, 15) is 18.0 Å². The molecule has 0 aromatic heterocycles. The van der Waals surface area contributed by atoms with Crippen molar-refractivity contribution in [2.75, 3.05) is 25.0 Å². The molecule has 1 atom stereocenters. The maximum atomic E-state index is 13.8. The van der Waals surface area contributed by atoms with E-state index >= 15 is 0 Å². The van der Waals surface area contributed by atoms with Crippen molar-refractivity contribution < 1.29 is 22.7 Å². The fourth-order valence-corrected chi connectivity index (χ4v) is 5.60. The molecule has 0 saturated carbocycles. The summed E-state index contributed by atoms with van der Waals surface area (Å²) in [6.45, 7) is 3.09. The summed E-state index contributed by atoms with van der Waals surface area (Å²) < 4.78 is 34.6. The zero-order chi connectivity index (χ0) is 27.2. The molecule has 0 spiro atoms. The van der Waals surface area contributed by atoms with E-state index in [1.54, 1.807) is 43.3 Å². The molecule has 0 radical (unpaired) electrons. The Morgan fingerprint density at radius 1 is 1.03 bits per heavy atom. The summed E-state index contributed by atoms with van der Waals surface area (Å²) in [5, 5.41) is 2.57. The maximum Gasteiger partial charge on any atom is 0.264 e. The maximum absolute atomic E-state index is 13.8. The minimum atomic E-state index is -4.11. The molecule has 1 N–H and O–H groups in total. The molecule has 0 aliphatic heterocycles. The van der Waals surface area contributed by atoms with Gasteiger partial charge in [-0.2, -0.15) is 0 Å². The number of ether oxygens (including phenoxy) is 1. The van der Waals surface area contributed by atoms with Crippen molar-refractivity contribution in [1.82, 2.24) is 10.2 Å². The number of benzene rings is 3. The normalized spacial score (nSPS) is 11.9. The first-order valence-electron chi connectivity index (χ1n) is 11.6. The van der Waals surface area contributed by atoms with Gasteiger partial charge in [0.05, 0.1) is 17.7 Å². The van der Waals surface area contributed by atoms with Gasteiger partial charge < -0.3 is 15.0 Å². The fraction of sp³-hybridized carbons (Fsp3) is 0.259. The number of sulfonamides is 1. The largest absolute Gasteiger partial charge is 0.497 e. The lowest BCUT2D eigenvalue weighted by Gasteiger charge is -2.31. The molecule has 0 aliphatic carbocycles. The number of aryl methyl sites for hydroxylation is 1. The Hall–Kier alpha value is -3.37. The second kappa shape index (κ2) is 12.2. The Morgan fingerprint density at radius 3 is 2.24 bits per heavy atom. The Balaban J connectivity index is 2.03. The van der Waals surface area contributed by atoms with Gasteiger partial charge in [-0.15, -0.1) is 0 Å². The lowest BCUT2D eigenvalue weighted by molar-refractivity contribution is -0.139. The first kappa shape index (κ1) is 28.2. The quantitative estimate of drug-likeness (QED) is 0.385. The van der Waals surface area contributed by atoms with Crippen molar-refractivity contribution in [1.29, 1.82) is 0 Å². The molecule has 196 valence electrons. The van der Waals surface area contributed by atoms with Gasteiger partial charge in [-0.3, -0.25) is 13.9 Å². The summed E-state index contributed by atoms with van der Waals surface area (Å²) >= 11 is 3.43. The van der Waals surface area contributed by atoms with Crippen LogP contribution in [0.1, 0.15) is 18.1 Å². The monoisotopic (exact) mass is 587 g/mol. The molecule has 0 unspecified atom stereocenters. The number of methoxy groups -OCH3 is 1. The predicted molar refractivity (Wildman–Crippen MR) is 147 cm³/mol. The highest BCUT2D eigenvalue weighted by atomic mass is 79.9. The van der Waals surface area contributed by atoms with Crippen LogP contribution in [-0.2, 0) is 26.2 Å². The minimum Gasteiger partial charge on any atom is -0.497 e. The molecular formula is C27H30BrN3O5S. The number of carbonyl (C=O) groups excluding carboxylic acids is 2. The molecule has 0 fully saturated rings. The molecule has 3 aromatic rings. The second-order valence-corrected chi connectivity index (χ2v) is 11.2. The van der Waals surface area contributed by atoms with Crippen LogP contribution in [-0.4, -0.2) is 51.9 Å². The fourth-order valence-electron chi connectivity index (χ4n) is 3.74. The molecule has 3 aromatic carbocycles. The van der Waals surface area contributed by atoms with Crippen LogP contribution in [0, 0.1) is 6.92 Å². The number of likely N-dealkylation sites (N-methyl/N-ethyl adjacent to an activating group) is 1. The van der Waals surface area contributed by atoms with Crippen molar-refractivity contribution in [3.05, 3.63) is 88.4 Å². The number of rotatable bonds is 10. The molecule has 0 aliphatic rings. The number of hydrogen-bond donors (Lipinski definition) is 1. The van der Waals surface area contributed by atoms with Crippen LogP contribution in [0.2, 0.25) is 0 Å². The summed E-state index contributed by atoms with van der Waals surface area (Å²) in [4.78, 5) is 27.7. The first-order chi connectivity index (χ1) is 17.6. The van der Waals surface area contributed by atoms with E-state index in [0.717, 1.165) is 19.9 Å². The van der Waals surface area contributed by atoms with Crippen LogP contribution in [0.5, 0.6) is 5.75 Å². The van der Waals surface area contributed by atoms with E-state index in [0.29, 0.717) is 11.4 Å². The van der Waals surface area contributed by atoms with Gasteiger partial charge in [0.2, 0.25) is 11.8 Å². The average Bonchev–Trinajstić information content (AvgIpc) is 2.89. The van der Waals surface area contributed by atoms with Crippen LogP contribution >= 0.6 is 15.9 Å². The van der Waals surface area contributed by atoms with Gasteiger partial charge in [-0.25, -0.2) is 8.42 Å². The van der Waals surface area contributed by atoms with Gasteiger partial charge in [0.25, 0.3) is 10.0 Å². The number of nitrogens with zero attached hydrogens (tertiary/aromatic N) is 2. The van der Waals surface area contributed by atoms with Crippen molar-refractivity contribution in [3.8, 4) is 5.75 Å². The van der Waals surface area contributed by atoms with E-state index in [4.69, 9.17) is 4.74 Å². The number of nitrogens with one attached hydrogen (secondary N) is 1. The van der Waals surface area contributed by atoms with Crippen molar-refractivity contribution >= 4 is 43.5 Å². The van der Waals surface area contributed by atoms with Crippen LogP contribution in [0.4, 0.5) is 5.69 Å². The number of hydrogen-bond acceptors (Lipinski definition) is 5. The third kappa shape index (κ3) is 6.90. The van der Waals surface area contributed by atoms with E-state index in [1.807, 2.05) is 31.2 Å². The first-order valence-corrected chi connectivity index (χ1v) is 13.8. The molecule has 8 nitrogen and oxygen atoms in total. The molecule has 2 amide bonds. The van der Waals surface area contributed by atoms with E-state index < -0.39 is 28.5 Å². The SMILES string of the molecule is CNC(=O)[C@H](C)N(Cc1cccc(Br)c1)C(=O)CN(c1ccc(OC)cc1)S(=O)(=O)c1ccc(C)cc1. The lowest BCUT2D eigenvalue weighted by Crippen LogP contribution is -2.50. The third-order valence-corrected chi connectivity index (χ3v) is 8.19. The standard InChI is InChI=1S/C27H30BrN3O5S/c1-19-8-14-25(15-9-19)37(34,35)31(23-10-12-24(36-4)13-11-23)18-26(32)30(20(2)27(33)29-3)17-21-6-5-7-22(28)16-21/h5-16,20H,17-18H2,1-4H3,(H,29,33)/t20-/m0/s1. The number of carbonyl (C=O) groups is 2. The summed E-state index contributed by atoms with van der Waals surface area (Å²) in [7, 11) is -1.11. The topological polar surface area (TPSA) is 96.0 Å². The van der Waals surface area contributed by atoms with Gasteiger partial charge in [0.1, 0.15) is 18.3 Å². The molecule has 37 heavy (non-hydrogen) atoms. The van der Waals surface area contributed by atoms with Crippen LogP contribution in [0.25, 0.3) is 0 Å². The molecular weight excluding hydrogens is 558 g/mol. The molecule has 10 heteroatoms. The summed E-state index contributed by atoms with van der Waals surface area (Å²) in [6, 6.07) is 19.4. The van der Waals surface area contributed by atoms with Crippen molar-refractivity contribution in [2.45, 2.75) is 31.3 Å². The van der Waals surface area contributed by atoms with Crippen LogP contribution < -0.4 is 14.4 Å². The van der Waals surface area contributed by atoms with Gasteiger partial charge in [0.15, 0.2) is 0 Å². The molecule has 3 rings (SSSR count). The Labute approximate surface area is 226 Å². The zero-order valence-electron chi connectivity index (χ0n) is 21.1. The van der Waals surface area contributed by atoms with Gasteiger partial charge in [-0.1, -0.05) is 45.8 Å². The Morgan fingerprint density at radius 2 is 1.68 bits per heavy atom. The van der Waals surface area contributed by atoms with Crippen LogP contribution in [0.15, 0.2) is 82.2 Å². The van der Waals surface area contributed by atoms with Gasteiger partial charge in [-0.05, 0) is 67.9 Å². The summed E-state index contributed by atoms with van der Waals surface area (Å²) in [5.74, 6) is -0.337. The lowest BCUT2D eigenvalue weighted by atomic mass is 10.1. The highest BCUT2D eigenvalue weighted by Gasteiger charge is 2.32. The average molecular weight is 589 g/mol. The third-order valence-electron chi connectivity index (χ3n) is 5.90. The van der Waals surface area contributed by atoms with Gasteiger partial charge >= 0.3 is 0 Å². The second-order valence-electron chi connectivity index (χ2n) is 8.46. The van der Waals surface area contributed by atoms with Crippen molar-refractivity contribution in [3.63, 3.8) is 0 Å². The molecule has 0 saturated heterocycles. The van der Waals surface area contributed by atoms with Gasteiger partial charge in [0, 0.05) is 18.1 Å². The summed E-state index contributed by atoms with van der Waals surface area (Å²) in [6.07, 6.45) is 0. The predicted octanol–water partition coefficient (Wildman–Crippen LogP) is 4.12. The number of halogens is 1. The van der Waals surface area contributed by atoms with E-state index in [-0.39, 0.29) is 17.3 Å². The van der Waals surface area contributed by atoms with E-state index in [2.05, 4.69) is 21.2 Å².